The maximum Gasteiger partial charge on any atom is 0.469 e. The monoisotopic (exact) mass is 383 g/mol. The number of hydrogen-bond acceptors (Lipinski definition) is 4. The number of nitrogens with two attached hydrogens (primary N) is 1. The summed E-state index contributed by atoms with van der Waals surface area (Å²) in [5.74, 6) is 0. The van der Waals surface area contributed by atoms with E-state index in [2.05, 4.69) is 11.4 Å². The summed E-state index contributed by atoms with van der Waals surface area (Å²) in [4.78, 5) is 17.4. The fourth-order valence-corrected chi connectivity index (χ4v) is 2.74. The van der Waals surface area contributed by atoms with Crippen LogP contribution in [-0.4, -0.2) is 33.6 Å². The number of rotatable bonds is 17. The van der Waals surface area contributed by atoms with E-state index < -0.39 is 26.5 Å². The second-order valence-electron chi connectivity index (χ2n) is 6.47. The van der Waals surface area contributed by atoms with Gasteiger partial charge in [0.05, 0.1) is 21.4 Å². The zero-order valence-electron chi connectivity index (χ0n) is 17.5. The summed E-state index contributed by atoms with van der Waals surface area (Å²) in [6.07, 6.45) is 16.2. The molecular weight excluding hydrogens is 343 g/mol. The Morgan fingerprint density at radius 3 is 2.00 bits per heavy atom. The topological polar surface area (TPSA) is 113 Å². The summed E-state index contributed by atoms with van der Waals surface area (Å²) in [7, 11) is -5.03. The average molecular weight is 383 g/mol. The highest BCUT2D eigenvalue weighted by molar-refractivity contribution is 7.46. The minimum absolute atomic E-state index is 0.739. The predicted molar refractivity (Wildman–Crippen MR) is 102 cm³/mol. The minimum atomic E-state index is -5.03. The maximum atomic E-state index is 10.7. The first-order valence-corrected chi connectivity index (χ1v) is 11.0. The number of aliphatic hydroxyl groups is 1. The molecule has 0 aromatic carbocycles. The third kappa shape index (κ3) is 18.4. The van der Waals surface area contributed by atoms with Crippen molar-refractivity contribution in [3.8, 4) is 0 Å². The summed E-state index contributed by atoms with van der Waals surface area (Å²) in [5, 5.41) is 9.84. The van der Waals surface area contributed by atoms with Crippen molar-refractivity contribution in [3.05, 3.63) is 12.2 Å². The summed E-state index contributed by atoms with van der Waals surface area (Å²) in [6.45, 7) is -0.609. The van der Waals surface area contributed by atoms with E-state index in [1.165, 1.54) is 63.9 Å². The molecule has 0 aromatic heterocycles. The molecule has 7 heteroatoms. The molecule has 25 heavy (non-hydrogen) atoms. The molecule has 5 N–H and O–H groups in total. The lowest BCUT2D eigenvalue weighted by atomic mass is 10.1. The molecule has 2 atom stereocenters. The fraction of sp³-hybridized carbons (Fsp3) is 0.889. The summed E-state index contributed by atoms with van der Waals surface area (Å²) in [6, 6.07) is -1.60. The third-order valence-corrected chi connectivity index (χ3v) is 4.33. The molecule has 0 fully saturated rings. The Kier molecular flexibility index (Phi) is 13.5. The van der Waals surface area contributed by atoms with Gasteiger partial charge in [0.1, 0.15) is 0 Å². The molecule has 0 saturated heterocycles. The van der Waals surface area contributed by atoms with E-state index in [1.807, 2.05) is 0 Å². The van der Waals surface area contributed by atoms with Crippen LogP contribution in [0.4, 0.5) is 0 Å². The van der Waals surface area contributed by atoms with Gasteiger partial charge in [0.25, 0.3) is 0 Å². The van der Waals surface area contributed by atoms with Crippen LogP contribution in [0.15, 0.2) is 12.2 Å². The molecule has 0 rings (SSSR count). The van der Waals surface area contributed by atoms with Crippen molar-refractivity contribution in [1.29, 1.82) is 0 Å². The van der Waals surface area contributed by atoms with Crippen molar-refractivity contribution in [1.82, 2.24) is 0 Å². The van der Waals surface area contributed by atoms with Gasteiger partial charge in [-0.25, -0.2) is 4.57 Å². The third-order valence-electron chi connectivity index (χ3n) is 3.98. The van der Waals surface area contributed by atoms with Crippen LogP contribution in [0.2, 0.25) is 0 Å². The molecule has 0 aromatic rings. The number of hydrogen-bond donors (Lipinski definition) is 4. The molecule has 0 radical (unpaired) electrons. The highest BCUT2D eigenvalue weighted by Crippen LogP contribution is 2.35. The predicted octanol–water partition coefficient (Wildman–Crippen LogP) is 4.04. The summed E-state index contributed by atoms with van der Waals surface area (Å²) < 4.78 is 29.6. The molecule has 0 unspecified atom stereocenters. The van der Waals surface area contributed by atoms with Crippen molar-refractivity contribution in [2.24, 2.45) is 5.73 Å². The number of phosphoric ester groups is 1. The van der Waals surface area contributed by atoms with Crippen LogP contribution in [0.1, 0.15) is 86.7 Å². The Hall–Kier alpha value is -0.230. The highest BCUT2D eigenvalue weighted by atomic mass is 31.2. The molecular formula is C18H38NO5P. The normalized spacial score (nSPS) is 16.7. The average Bonchev–Trinajstić information content (AvgIpc) is 2.56. The van der Waals surface area contributed by atoms with Gasteiger partial charge in [0.15, 0.2) is 0 Å². The molecule has 0 spiro atoms. The van der Waals surface area contributed by atoms with Gasteiger partial charge in [-0.2, -0.15) is 0 Å². The van der Waals surface area contributed by atoms with Gasteiger partial charge < -0.3 is 20.6 Å². The first-order valence-electron chi connectivity index (χ1n) is 10.5. The van der Waals surface area contributed by atoms with Gasteiger partial charge in [-0.1, -0.05) is 83.3 Å². The van der Waals surface area contributed by atoms with Gasteiger partial charge in [0, 0.05) is 0 Å². The molecule has 0 heterocycles. The zero-order valence-corrected chi connectivity index (χ0v) is 16.4. The zero-order chi connectivity index (χ0) is 20.8. The Labute approximate surface area is 155 Å². The minimum Gasteiger partial charge on any atom is -0.387 e. The Morgan fingerprint density at radius 2 is 1.52 bits per heavy atom. The molecule has 0 saturated carbocycles. The number of phosphoric acid groups is 1. The van der Waals surface area contributed by atoms with Crippen molar-refractivity contribution in [3.63, 3.8) is 0 Å². The maximum absolute atomic E-state index is 10.7. The number of unbranched alkanes of at least 4 members (excludes halogenated alkanes) is 11. The Balaban J connectivity index is 3.77. The lowest BCUT2D eigenvalue weighted by Gasteiger charge is -2.15. The quantitative estimate of drug-likeness (QED) is 0.130. The first kappa shape index (κ1) is 21.1. The van der Waals surface area contributed by atoms with E-state index in [0.717, 1.165) is 19.3 Å². The van der Waals surface area contributed by atoms with Gasteiger partial charge in [0.2, 0.25) is 0 Å². The first-order chi connectivity index (χ1) is 12.6. The van der Waals surface area contributed by atoms with Crippen molar-refractivity contribution >= 4 is 7.82 Å². The highest BCUT2D eigenvalue weighted by Gasteiger charge is 2.19. The fourth-order valence-electron chi connectivity index (χ4n) is 2.48. The molecule has 150 valence electrons. The van der Waals surface area contributed by atoms with Crippen LogP contribution in [-0.2, 0) is 9.09 Å². The number of aliphatic hydroxyl groups excluding tert-OH is 1. The molecule has 0 bridgehead atoms. The van der Waals surface area contributed by atoms with Gasteiger partial charge in [-0.3, -0.25) is 4.52 Å². The van der Waals surface area contributed by atoms with Crippen LogP contribution in [0.5, 0.6) is 0 Å². The van der Waals surface area contributed by atoms with E-state index in [-0.39, 0.29) is 0 Å². The van der Waals surface area contributed by atoms with E-state index in [1.54, 1.807) is 6.08 Å². The second kappa shape index (κ2) is 16.0. The summed E-state index contributed by atoms with van der Waals surface area (Å²) >= 11 is 0. The van der Waals surface area contributed by atoms with E-state index in [9.17, 15) is 9.67 Å². The standard InChI is InChI=1S/C18H38NO5P/c1-2-3-4-5-6-7-8-9-10-11-12-13-14-15-18(20)17(19)16-24-25(21,22)23/h14-15,17-18,20H,2-13,16,19H2,1H3,(H2,21,22,23)/t17-,18-/m1/s1/i16+1D2,17+1. The molecule has 6 nitrogen and oxygen atoms in total. The van der Waals surface area contributed by atoms with Crippen molar-refractivity contribution < 1.29 is 26.7 Å². The molecule has 0 aliphatic carbocycles. The van der Waals surface area contributed by atoms with Crippen LogP contribution in [0.25, 0.3) is 0 Å². The van der Waals surface area contributed by atoms with Crippen LogP contribution >= 0.6 is 7.82 Å². The molecule has 0 aliphatic rings. The van der Waals surface area contributed by atoms with Gasteiger partial charge in [-0.05, 0) is 12.8 Å². The second-order valence-corrected chi connectivity index (χ2v) is 7.63. The van der Waals surface area contributed by atoms with Crippen LogP contribution in [0, 0.1) is 0 Å². The van der Waals surface area contributed by atoms with Gasteiger partial charge in [-0.15, -0.1) is 0 Å². The Morgan fingerprint density at radius 1 is 1.04 bits per heavy atom. The van der Waals surface area contributed by atoms with E-state index in [4.69, 9.17) is 18.3 Å². The summed E-state index contributed by atoms with van der Waals surface area (Å²) in [5.41, 5.74) is 5.50. The van der Waals surface area contributed by atoms with E-state index in [0.29, 0.717) is 0 Å². The lowest BCUT2D eigenvalue weighted by Crippen LogP contribution is -2.37. The lowest BCUT2D eigenvalue weighted by molar-refractivity contribution is 0.129. The number of allylic oxidation sites excluding steroid dienone is 1. The molecule has 0 aliphatic heterocycles. The largest absolute Gasteiger partial charge is 0.469 e. The Bertz CT molecular complexity index is 445. The van der Waals surface area contributed by atoms with Crippen molar-refractivity contribution in [2.45, 2.75) is 96.1 Å². The molecule has 0 amide bonds. The van der Waals surface area contributed by atoms with Crippen LogP contribution < -0.4 is 5.73 Å². The van der Waals surface area contributed by atoms with Crippen molar-refractivity contribution in [2.75, 3.05) is 6.56 Å². The smallest absolute Gasteiger partial charge is 0.387 e. The van der Waals surface area contributed by atoms with E-state index >= 15 is 0 Å². The van der Waals surface area contributed by atoms with Crippen LogP contribution in [0.3, 0.4) is 0 Å². The SMILES string of the molecule is [2H][13C]([2H])(OP(=O)(O)O)[13C@@H](N)[C@H](O)C=CCCCCCCCCCCCCC. The van der Waals surface area contributed by atoms with Gasteiger partial charge >= 0.3 is 7.82 Å².